The zero-order valence-corrected chi connectivity index (χ0v) is 19.9. The third-order valence-electron chi connectivity index (χ3n) is 6.27. The maximum absolute atomic E-state index is 12.7. The third kappa shape index (κ3) is 4.33. The highest BCUT2D eigenvalue weighted by molar-refractivity contribution is 8.18. The van der Waals surface area contributed by atoms with E-state index in [1.807, 2.05) is 40.1 Å². The van der Waals surface area contributed by atoms with Crippen LogP contribution in [0.15, 0.2) is 64.1 Å². The normalized spacial score (nSPS) is 19.3. The number of likely N-dealkylation sites (tertiary alicyclic amines) is 1. The molecule has 0 saturated carbocycles. The Bertz CT molecular complexity index is 1360. The van der Waals surface area contributed by atoms with Crippen molar-refractivity contribution >= 4 is 40.8 Å². The van der Waals surface area contributed by atoms with Crippen LogP contribution in [0.3, 0.4) is 0 Å². The van der Waals surface area contributed by atoms with Gasteiger partial charge >= 0.3 is 0 Å². The Labute approximate surface area is 210 Å². The molecule has 0 aliphatic carbocycles. The second-order valence-corrected chi connectivity index (χ2v) is 10.0. The second-order valence-electron chi connectivity index (χ2n) is 9.03. The predicted octanol–water partition coefficient (Wildman–Crippen LogP) is 2.93. The molecule has 0 radical (unpaired) electrons. The molecule has 1 spiro atoms. The van der Waals surface area contributed by atoms with Crippen LogP contribution in [0.25, 0.3) is 6.08 Å². The average Bonchev–Trinajstić information content (AvgIpc) is 3.45. The average molecular weight is 504 g/mol. The molecule has 11 heteroatoms. The van der Waals surface area contributed by atoms with Crippen molar-refractivity contribution in [3.63, 3.8) is 0 Å². The SMILES string of the molecule is O=C1NC(=O)C(=Cc2cc(OCc3ccco3)nc(N3CC4(CN(C(=O)c5ccccc5)C4)C3)n2)S1. The molecule has 36 heavy (non-hydrogen) atoms. The molecular weight excluding hydrogens is 482 g/mol. The van der Waals surface area contributed by atoms with E-state index >= 15 is 0 Å². The highest BCUT2D eigenvalue weighted by Gasteiger charge is 2.54. The summed E-state index contributed by atoms with van der Waals surface area (Å²) in [5, 5.41) is 1.83. The number of amides is 3. The van der Waals surface area contributed by atoms with Crippen molar-refractivity contribution in [3.05, 3.63) is 76.7 Å². The Morgan fingerprint density at radius 2 is 1.92 bits per heavy atom. The van der Waals surface area contributed by atoms with Gasteiger partial charge in [0.1, 0.15) is 12.4 Å². The van der Waals surface area contributed by atoms with E-state index in [2.05, 4.69) is 15.3 Å². The van der Waals surface area contributed by atoms with Gasteiger partial charge in [0.15, 0.2) is 0 Å². The molecule has 1 N–H and O–H groups in total. The van der Waals surface area contributed by atoms with Crippen molar-refractivity contribution in [2.45, 2.75) is 6.61 Å². The van der Waals surface area contributed by atoms with Gasteiger partial charge < -0.3 is 19.0 Å². The van der Waals surface area contributed by atoms with Crippen LogP contribution in [-0.2, 0) is 11.4 Å². The first-order valence-corrected chi connectivity index (χ1v) is 12.2. The van der Waals surface area contributed by atoms with Gasteiger partial charge in [0.2, 0.25) is 11.8 Å². The Balaban J connectivity index is 1.17. The molecule has 3 amide bonds. The number of furan rings is 1. The van der Waals surface area contributed by atoms with Crippen LogP contribution in [0, 0.1) is 5.41 Å². The first-order chi connectivity index (χ1) is 17.5. The molecular formula is C25H21N5O5S. The molecule has 0 atom stereocenters. The van der Waals surface area contributed by atoms with Gasteiger partial charge in [0.25, 0.3) is 17.1 Å². The number of nitrogens with one attached hydrogen (secondary N) is 1. The molecule has 0 bridgehead atoms. The molecule has 182 valence electrons. The number of anilines is 1. The van der Waals surface area contributed by atoms with E-state index in [9.17, 15) is 14.4 Å². The van der Waals surface area contributed by atoms with Crippen LogP contribution in [0.1, 0.15) is 21.8 Å². The van der Waals surface area contributed by atoms with Gasteiger partial charge in [-0.15, -0.1) is 0 Å². The largest absolute Gasteiger partial charge is 0.469 e. The van der Waals surface area contributed by atoms with Crippen molar-refractivity contribution < 1.29 is 23.5 Å². The Morgan fingerprint density at radius 3 is 2.61 bits per heavy atom. The molecule has 0 unspecified atom stereocenters. The quantitative estimate of drug-likeness (QED) is 0.507. The van der Waals surface area contributed by atoms with Crippen molar-refractivity contribution in [3.8, 4) is 5.88 Å². The van der Waals surface area contributed by atoms with Crippen LogP contribution in [0.5, 0.6) is 5.88 Å². The smallest absolute Gasteiger partial charge is 0.290 e. The summed E-state index contributed by atoms with van der Waals surface area (Å²) >= 11 is 0.828. The number of nitrogens with zero attached hydrogens (tertiary/aromatic N) is 4. The Kier molecular flexibility index (Phi) is 5.48. The van der Waals surface area contributed by atoms with Gasteiger partial charge in [-0.3, -0.25) is 19.7 Å². The number of aromatic nitrogens is 2. The van der Waals surface area contributed by atoms with Crippen LogP contribution in [-0.4, -0.2) is 58.1 Å². The van der Waals surface area contributed by atoms with Gasteiger partial charge in [-0.25, -0.2) is 4.98 Å². The van der Waals surface area contributed by atoms with Crippen LogP contribution in [0.4, 0.5) is 10.7 Å². The number of carbonyl (C=O) groups excluding carboxylic acids is 3. The number of carbonyl (C=O) groups is 3. The summed E-state index contributed by atoms with van der Waals surface area (Å²) in [5.74, 6) is 1.02. The van der Waals surface area contributed by atoms with Gasteiger partial charge in [-0.2, -0.15) is 4.98 Å². The van der Waals surface area contributed by atoms with Crippen LogP contribution < -0.4 is 15.0 Å². The highest BCUT2D eigenvalue weighted by atomic mass is 32.2. The first kappa shape index (κ1) is 22.4. The number of thioether (sulfide) groups is 1. The van der Waals surface area contributed by atoms with Crippen LogP contribution in [0.2, 0.25) is 0 Å². The lowest BCUT2D eigenvalue weighted by Gasteiger charge is -2.60. The molecule has 3 aromatic rings. The first-order valence-electron chi connectivity index (χ1n) is 11.3. The fourth-order valence-corrected chi connectivity index (χ4v) is 5.26. The Hall–Kier alpha value is -4.12. The van der Waals surface area contributed by atoms with E-state index in [0.717, 1.165) is 11.8 Å². The lowest BCUT2D eigenvalue weighted by Crippen LogP contribution is -2.73. The fourth-order valence-electron chi connectivity index (χ4n) is 4.59. The molecule has 6 rings (SSSR count). The van der Waals surface area contributed by atoms with Crippen molar-refractivity contribution in [1.82, 2.24) is 20.2 Å². The maximum Gasteiger partial charge on any atom is 0.290 e. The molecule has 3 fully saturated rings. The van der Waals surface area contributed by atoms with E-state index < -0.39 is 11.1 Å². The van der Waals surface area contributed by atoms with E-state index in [-0.39, 0.29) is 22.8 Å². The Morgan fingerprint density at radius 1 is 1.11 bits per heavy atom. The summed E-state index contributed by atoms with van der Waals surface area (Å²) in [7, 11) is 0. The summed E-state index contributed by atoms with van der Waals surface area (Å²) in [4.78, 5) is 49.5. The summed E-state index contributed by atoms with van der Waals surface area (Å²) in [6.45, 7) is 2.96. The molecule has 5 heterocycles. The molecule has 10 nitrogen and oxygen atoms in total. The molecule has 2 aromatic heterocycles. The zero-order chi connectivity index (χ0) is 24.7. The van der Waals surface area contributed by atoms with Crippen molar-refractivity contribution in [2.24, 2.45) is 5.41 Å². The third-order valence-corrected chi connectivity index (χ3v) is 7.08. The molecule has 3 saturated heterocycles. The zero-order valence-electron chi connectivity index (χ0n) is 19.0. The molecule has 1 aromatic carbocycles. The molecule has 3 aliphatic heterocycles. The summed E-state index contributed by atoms with van der Waals surface area (Å²) < 4.78 is 11.1. The van der Waals surface area contributed by atoms with E-state index in [1.54, 1.807) is 30.5 Å². The number of ether oxygens (including phenoxy) is 1. The minimum Gasteiger partial charge on any atom is -0.469 e. The number of hydrogen-bond acceptors (Lipinski definition) is 9. The fraction of sp³-hybridized carbons (Fsp3) is 0.240. The number of rotatable bonds is 6. The molecule has 3 aliphatic rings. The van der Waals surface area contributed by atoms with Crippen molar-refractivity contribution in [2.75, 3.05) is 31.1 Å². The minimum atomic E-state index is -0.455. The van der Waals surface area contributed by atoms with Crippen LogP contribution >= 0.6 is 11.8 Å². The lowest BCUT2D eigenvalue weighted by molar-refractivity contribution is -0.115. The van der Waals surface area contributed by atoms with E-state index in [4.69, 9.17) is 9.15 Å². The van der Waals surface area contributed by atoms with Gasteiger partial charge in [0, 0.05) is 43.2 Å². The predicted molar refractivity (Wildman–Crippen MR) is 131 cm³/mol. The van der Waals surface area contributed by atoms with Gasteiger partial charge in [0.05, 0.1) is 16.9 Å². The number of hydrogen-bond donors (Lipinski definition) is 1. The summed E-state index contributed by atoms with van der Waals surface area (Å²) in [6, 6.07) is 14.5. The van der Waals surface area contributed by atoms with Gasteiger partial charge in [-0.05, 0) is 42.1 Å². The van der Waals surface area contributed by atoms with E-state index in [0.29, 0.717) is 55.0 Å². The van der Waals surface area contributed by atoms with E-state index in [1.165, 1.54) is 0 Å². The highest BCUT2D eigenvalue weighted by Crippen LogP contribution is 2.42. The number of imide groups is 1. The number of benzene rings is 1. The topological polar surface area (TPSA) is 118 Å². The summed E-state index contributed by atoms with van der Waals surface area (Å²) in [5.41, 5.74) is 1.17. The minimum absolute atomic E-state index is 0.0189. The maximum atomic E-state index is 12.7. The second kappa shape index (κ2) is 8.83. The lowest BCUT2D eigenvalue weighted by atomic mass is 9.72. The monoisotopic (exact) mass is 503 g/mol. The van der Waals surface area contributed by atoms with Crippen molar-refractivity contribution in [1.29, 1.82) is 0 Å². The van der Waals surface area contributed by atoms with Gasteiger partial charge in [-0.1, -0.05) is 18.2 Å². The standard InChI is InChI=1S/C25H21N5O5S/c31-21-19(36-24(33)28-21)9-17-10-20(35-11-18-7-4-8-34-18)27-23(26-17)30-14-25(15-30)12-29(13-25)22(32)16-5-2-1-3-6-16/h1-10H,11-15H2,(H,28,31,33). The summed E-state index contributed by atoms with van der Waals surface area (Å²) in [6.07, 6.45) is 3.12.